The minimum absolute atomic E-state index is 0.125. The van der Waals surface area contributed by atoms with Gasteiger partial charge in [-0.05, 0) is 32.0 Å². The van der Waals surface area contributed by atoms with Crippen molar-refractivity contribution in [2.45, 2.75) is 124 Å². The van der Waals surface area contributed by atoms with Gasteiger partial charge in [0.25, 0.3) is 0 Å². The first-order valence-corrected chi connectivity index (χ1v) is 25.3. The van der Waals surface area contributed by atoms with Gasteiger partial charge < -0.3 is 0 Å². The van der Waals surface area contributed by atoms with E-state index >= 15 is 0 Å². The molecule has 2 aliphatic rings. The average Bonchev–Trinajstić information content (AvgIpc) is 3.57. The third kappa shape index (κ3) is 4.72. The van der Waals surface area contributed by atoms with Gasteiger partial charge in [0.15, 0.2) is 0 Å². The van der Waals surface area contributed by atoms with Crippen LogP contribution in [0.3, 0.4) is 0 Å². The highest BCUT2D eigenvalue weighted by atomic mass is 29.3. The van der Waals surface area contributed by atoms with Gasteiger partial charge in [-0.15, -0.1) is 0 Å². The van der Waals surface area contributed by atoms with Crippen LogP contribution in [0.25, 0.3) is 10.4 Å². The Bertz CT molecular complexity index is 1400. The second-order valence-electron chi connectivity index (χ2n) is 18.5. The van der Waals surface area contributed by atoms with E-state index in [4.69, 9.17) is 0 Å². The van der Waals surface area contributed by atoms with E-state index in [0.717, 1.165) is 0 Å². The Morgan fingerprint density at radius 3 is 1.43 bits per heavy atom. The SMILES string of the molecule is CC(C)(C)C1=C(C(C)(C)C)C12C=C(c1ccccc1)[Si]2(/C=C(\c1ccccc1)[Si](C)(C)C(C)(C)C)[Si](C)(C)C(C)(C)C. The monoisotopic (exact) mass is 612 g/mol. The van der Waals surface area contributed by atoms with Crippen LogP contribution in [0.2, 0.25) is 41.3 Å². The number of benzene rings is 2. The van der Waals surface area contributed by atoms with Gasteiger partial charge in [0.2, 0.25) is 0 Å². The van der Waals surface area contributed by atoms with Gasteiger partial charge in [-0.2, -0.15) is 0 Å². The summed E-state index contributed by atoms with van der Waals surface area (Å²) in [5.74, 6) is 0. The van der Waals surface area contributed by atoms with Crippen molar-refractivity contribution in [2.75, 3.05) is 0 Å². The predicted octanol–water partition coefficient (Wildman–Crippen LogP) is 12.5. The van der Waals surface area contributed by atoms with E-state index < -0.39 is 23.3 Å². The van der Waals surface area contributed by atoms with E-state index in [1.54, 1.807) is 21.5 Å². The number of rotatable bonds is 5. The van der Waals surface area contributed by atoms with E-state index in [2.05, 4.69) is 182 Å². The Kier molecular flexibility index (Phi) is 7.83. The van der Waals surface area contributed by atoms with Gasteiger partial charge >= 0.3 is 0 Å². The zero-order valence-electron chi connectivity index (χ0n) is 29.9. The molecule has 2 aromatic rings. The van der Waals surface area contributed by atoms with Crippen LogP contribution in [0.1, 0.15) is 94.2 Å². The molecule has 1 unspecified atom stereocenters. The second-order valence-corrected chi connectivity index (χ2v) is 37.9. The lowest BCUT2D eigenvalue weighted by atomic mass is 9.89. The Hall–Kier alpha value is -1.69. The molecule has 1 heterocycles. The van der Waals surface area contributed by atoms with E-state index in [1.165, 1.54) is 11.1 Å². The quantitative estimate of drug-likeness (QED) is 0.233. The van der Waals surface area contributed by atoms with Gasteiger partial charge in [0.1, 0.15) is 7.59 Å². The molecule has 2 aromatic carbocycles. The van der Waals surface area contributed by atoms with Crippen LogP contribution in [0.4, 0.5) is 0 Å². The van der Waals surface area contributed by atoms with Crippen molar-refractivity contribution < 1.29 is 0 Å². The molecule has 0 fully saturated rings. The normalized spacial score (nSPS) is 21.8. The van der Waals surface area contributed by atoms with Crippen molar-refractivity contribution >= 4 is 33.6 Å². The smallest absolute Gasteiger partial charge is 0.0910 e. The topological polar surface area (TPSA) is 0 Å². The Balaban J connectivity index is 2.26. The highest BCUT2D eigenvalue weighted by Crippen LogP contribution is 2.85. The van der Waals surface area contributed by atoms with Crippen LogP contribution >= 0.6 is 0 Å². The van der Waals surface area contributed by atoms with Crippen LogP contribution < -0.4 is 0 Å². The molecule has 1 atom stereocenters. The lowest BCUT2D eigenvalue weighted by Crippen LogP contribution is -2.72. The van der Waals surface area contributed by atoms with Crippen molar-refractivity contribution in [3.05, 3.63) is 94.7 Å². The van der Waals surface area contributed by atoms with Crippen LogP contribution in [-0.4, -0.2) is 23.3 Å². The summed E-state index contributed by atoms with van der Waals surface area (Å²) >= 11 is 0. The van der Waals surface area contributed by atoms with E-state index in [1.807, 2.05) is 0 Å². The van der Waals surface area contributed by atoms with Gasteiger partial charge in [-0.3, -0.25) is 0 Å². The highest BCUT2D eigenvalue weighted by Gasteiger charge is 2.80. The van der Waals surface area contributed by atoms with Crippen molar-refractivity contribution in [3.63, 3.8) is 0 Å². The zero-order chi connectivity index (χ0) is 31.9. The Labute approximate surface area is 262 Å². The summed E-state index contributed by atoms with van der Waals surface area (Å²) in [7, 11) is -6.30. The Morgan fingerprint density at radius 2 is 1.05 bits per heavy atom. The fourth-order valence-electron chi connectivity index (χ4n) is 7.93. The summed E-state index contributed by atoms with van der Waals surface area (Å²) < 4.78 is 0. The lowest BCUT2D eigenvalue weighted by molar-refractivity contribution is 0.502. The lowest BCUT2D eigenvalue weighted by Gasteiger charge is -2.62. The van der Waals surface area contributed by atoms with Gasteiger partial charge in [-0.25, -0.2) is 0 Å². The summed E-state index contributed by atoms with van der Waals surface area (Å²) in [4.78, 5) is 0. The fraction of sp³-hybridized carbons (Fsp3) is 0.538. The van der Waals surface area contributed by atoms with Crippen LogP contribution in [0.5, 0.6) is 0 Å². The molecule has 0 N–H and O–H groups in total. The number of hydrogen-bond acceptors (Lipinski definition) is 0. The first-order chi connectivity index (χ1) is 18.9. The summed E-state index contributed by atoms with van der Waals surface area (Å²) in [6.07, 6.45) is 2.81. The molecule has 4 rings (SSSR count). The largest absolute Gasteiger partial charge is 0.121 e. The maximum atomic E-state index is 3.07. The summed E-state index contributed by atoms with van der Waals surface area (Å²) in [5.41, 5.74) is 9.80. The van der Waals surface area contributed by atoms with E-state index in [9.17, 15) is 0 Å². The standard InChI is InChI=1S/C39H60Si3/c1-35(2,3)33-34(36(4,5)6)39(33)27-31(29-23-19-17-20-24-29)42(39,41(15,16)38(10,11)12)28-32(30-25-21-18-22-26-30)40(13,14)37(7,8)9/h17-28H,1-16H3/b32-28+. The van der Waals surface area contributed by atoms with Crippen LogP contribution in [0, 0.1) is 10.8 Å². The molecule has 0 nitrogen and oxygen atoms in total. The molecule has 1 spiro atoms. The predicted molar refractivity (Wildman–Crippen MR) is 198 cm³/mol. The minimum Gasteiger partial charge on any atom is -0.0910 e. The molecule has 0 bridgehead atoms. The number of hydrogen-bond donors (Lipinski definition) is 0. The second kappa shape index (κ2) is 9.91. The summed E-state index contributed by atoms with van der Waals surface area (Å²) in [6, 6.07) is 23.1. The first-order valence-electron chi connectivity index (χ1n) is 16.2. The third-order valence-corrected chi connectivity index (χ3v) is 37.8. The molecular formula is C39H60Si3. The molecule has 0 saturated carbocycles. The maximum absolute atomic E-state index is 3.07. The van der Waals surface area contributed by atoms with E-state index in [-0.39, 0.29) is 25.9 Å². The average molecular weight is 613 g/mol. The maximum Gasteiger partial charge on any atom is 0.121 e. The zero-order valence-corrected chi connectivity index (χ0v) is 32.9. The highest BCUT2D eigenvalue weighted by molar-refractivity contribution is 7.54. The molecule has 0 aromatic heterocycles. The van der Waals surface area contributed by atoms with Crippen molar-refractivity contribution in [3.8, 4) is 0 Å². The van der Waals surface area contributed by atoms with Crippen molar-refractivity contribution in [1.29, 1.82) is 0 Å². The molecule has 1 aliphatic heterocycles. The third-order valence-electron chi connectivity index (χ3n) is 11.8. The van der Waals surface area contributed by atoms with Gasteiger partial charge in [-0.1, -0.05) is 203 Å². The molecule has 42 heavy (non-hydrogen) atoms. The molecule has 0 amide bonds. The van der Waals surface area contributed by atoms with Crippen LogP contribution in [-0.2, 0) is 0 Å². The van der Waals surface area contributed by atoms with Crippen LogP contribution in [0.15, 0.2) is 83.6 Å². The fourth-order valence-corrected chi connectivity index (χ4v) is 31.4. The number of allylic oxidation sites excluding steroid dienone is 3. The van der Waals surface area contributed by atoms with Crippen molar-refractivity contribution in [1.82, 2.24) is 0 Å². The molecule has 228 valence electrons. The summed E-state index contributed by atoms with van der Waals surface area (Å²) in [6.45, 7) is 41.0. The van der Waals surface area contributed by atoms with Crippen molar-refractivity contribution in [2.24, 2.45) is 10.8 Å². The van der Waals surface area contributed by atoms with Gasteiger partial charge in [0, 0.05) is 5.04 Å². The molecular weight excluding hydrogens is 553 g/mol. The molecule has 0 saturated heterocycles. The molecule has 3 heteroatoms. The van der Waals surface area contributed by atoms with E-state index in [0.29, 0.717) is 0 Å². The molecule has 1 aliphatic carbocycles. The van der Waals surface area contributed by atoms with Gasteiger partial charge in [0.05, 0.1) is 15.7 Å². The Morgan fingerprint density at radius 1 is 0.619 bits per heavy atom. The minimum atomic E-state index is -2.37. The molecule has 0 radical (unpaired) electrons. The summed E-state index contributed by atoms with van der Waals surface area (Å²) in [5, 5.41) is 4.02. The first kappa shape index (κ1) is 33.2.